The molecule has 0 unspecified atom stereocenters. The van der Waals surface area contributed by atoms with E-state index in [0.29, 0.717) is 10.6 Å². The number of nitrogens with two attached hydrogens (primary N) is 1. The van der Waals surface area contributed by atoms with Gasteiger partial charge < -0.3 is 15.8 Å². The molecule has 3 rings (SSSR count). The number of thiophene rings is 1. The Labute approximate surface area is 165 Å². The molecule has 4 N–H and O–H groups in total. The van der Waals surface area contributed by atoms with Gasteiger partial charge in [-0.05, 0) is 25.3 Å². The maximum absolute atomic E-state index is 12.8. The predicted molar refractivity (Wildman–Crippen MR) is 104 cm³/mol. The maximum Gasteiger partial charge on any atom is 0.342 e. The fourth-order valence-corrected chi connectivity index (χ4v) is 3.50. The Bertz CT molecular complexity index is 921. The van der Waals surface area contributed by atoms with Crippen LogP contribution in [-0.2, 0) is 14.3 Å². The zero-order valence-corrected chi connectivity index (χ0v) is 15.9. The van der Waals surface area contributed by atoms with E-state index in [0.717, 1.165) is 18.4 Å². The second-order valence-electron chi connectivity index (χ2n) is 6.38. The first-order chi connectivity index (χ1) is 13.4. The van der Waals surface area contributed by atoms with Crippen molar-refractivity contribution < 1.29 is 23.9 Å². The van der Waals surface area contributed by atoms with E-state index in [1.807, 2.05) is 35.6 Å². The maximum atomic E-state index is 12.8. The van der Waals surface area contributed by atoms with Crippen molar-refractivity contribution in [3.05, 3.63) is 41.3 Å². The van der Waals surface area contributed by atoms with Gasteiger partial charge in [-0.15, -0.1) is 11.3 Å². The third-order valence-corrected chi connectivity index (χ3v) is 5.06. The Morgan fingerprint density at radius 2 is 1.86 bits per heavy atom. The number of carbonyl (C=O) groups excluding carboxylic acids is 4. The summed E-state index contributed by atoms with van der Waals surface area (Å²) in [4.78, 5) is 47.6. The lowest BCUT2D eigenvalue weighted by Gasteiger charge is -2.14. The third-order valence-electron chi connectivity index (χ3n) is 4.16. The zero-order valence-electron chi connectivity index (χ0n) is 15.1. The molecule has 1 fully saturated rings. The van der Waals surface area contributed by atoms with Crippen molar-refractivity contribution >= 4 is 40.2 Å². The van der Waals surface area contributed by atoms with Crippen LogP contribution in [0.4, 0.5) is 9.80 Å². The van der Waals surface area contributed by atoms with Crippen LogP contribution in [0.2, 0.25) is 0 Å². The lowest BCUT2D eigenvalue weighted by Crippen LogP contribution is -2.42. The van der Waals surface area contributed by atoms with Crippen LogP contribution < -0.4 is 16.4 Å². The number of nitrogens with one attached hydrogen (secondary N) is 2. The van der Waals surface area contributed by atoms with Crippen molar-refractivity contribution in [1.29, 1.82) is 0 Å². The lowest BCUT2D eigenvalue weighted by molar-refractivity contribution is -0.127. The Morgan fingerprint density at radius 3 is 2.46 bits per heavy atom. The number of benzene rings is 1. The molecule has 1 aliphatic rings. The van der Waals surface area contributed by atoms with Crippen LogP contribution in [0.1, 0.15) is 30.1 Å². The van der Waals surface area contributed by atoms with Gasteiger partial charge in [-0.1, -0.05) is 30.3 Å². The molecule has 1 atom stereocenters. The van der Waals surface area contributed by atoms with Crippen molar-refractivity contribution in [2.75, 3.05) is 5.32 Å². The monoisotopic (exact) mass is 401 g/mol. The van der Waals surface area contributed by atoms with Gasteiger partial charge in [0.2, 0.25) is 5.91 Å². The summed E-state index contributed by atoms with van der Waals surface area (Å²) in [5.41, 5.74) is 6.44. The highest BCUT2D eigenvalue weighted by atomic mass is 32.1. The van der Waals surface area contributed by atoms with Gasteiger partial charge in [0.15, 0.2) is 6.10 Å². The molecule has 0 bridgehead atoms. The van der Waals surface area contributed by atoms with E-state index in [2.05, 4.69) is 5.32 Å². The molecule has 1 aromatic carbocycles. The predicted octanol–water partition coefficient (Wildman–Crippen LogP) is 2.50. The fourth-order valence-electron chi connectivity index (χ4n) is 2.54. The largest absolute Gasteiger partial charge is 0.449 e. The number of rotatable bonds is 6. The van der Waals surface area contributed by atoms with Gasteiger partial charge in [0.25, 0.3) is 5.91 Å². The molecule has 0 saturated heterocycles. The van der Waals surface area contributed by atoms with Crippen LogP contribution >= 0.6 is 11.3 Å². The van der Waals surface area contributed by atoms with E-state index in [1.165, 1.54) is 18.3 Å². The summed E-state index contributed by atoms with van der Waals surface area (Å²) in [6.07, 6.45) is 0.412. The summed E-state index contributed by atoms with van der Waals surface area (Å²) in [6, 6.07) is 8.12. The van der Waals surface area contributed by atoms with Crippen molar-refractivity contribution in [3.63, 3.8) is 0 Å². The molecule has 2 aromatic rings. The van der Waals surface area contributed by atoms with E-state index in [9.17, 15) is 19.2 Å². The number of imide groups is 1. The highest BCUT2D eigenvalue weighted by Crippen LogP contribution is 2.38. The second-order valence-corrected chi connectivity index (χ2v) is 7.26. The van der Waals surface area contributed by atoms with Crippen molar-refractivity contribution in [2.24, 2.45) is 11.7 Å². The quantitative estimate of drug-likeness (QED) is 0.641. The number of anilines is 1. The van der Waals surface area contributed by atoms with E-state index in [-0.39, 0.29) is 17.4 Å². The standard InChI is InChI=1S/C19H19N3O5S/c1-10(15(23)22-19(20)26)27-18(25)14-13(11-5-3-2-4-6-11)9-28-17(14)21-16(24)12-7-8-12/h2-6,9-10,12H,7-8H2,1H3,(H,21,24)(H3,20,22,23,26)/t10-/m1/s1. The Balaban J connectivity index is 1.88. The highest BCUT2D eigenvalue weighted by Gasteiger charge is 2.32. The van der Waals surface area contributed by atoms with E-state index < -0.39 is 24.0 Å². The molecule has 146 valence electrons. The number of ether oxygens (including phenoxy) is 1. The summed E-state index contributed by atoms with van der Waals surface area (Å²) in [5, 5.41) is 6.76. The van der Waals surface area contributed by atoms with Gasteiger partial charge in [0.05, 0.1) is 0 Å². The summed E-state index contributed by atoms with van der Waals surface area (Å²) in [6.45, 7) is 1.33. The molecule has 0 aliphatic heterocycles. The minimum atomic E-state index is -1.24. The SMILES string of the molecule is C[C@@H](OC(=O)c1c(-c2ccccc2)csc1NC(=O)C1CC1)C(=O)NC(N)=O. The molecule has 28 heavy (non-hydrogen) atoms. The first-order valence-electron chi connectivity index (χ1n) is 8.66. The van der Waals surface area contributed by atoms with Gasteiger partial charge in [0, 0.05) is 16.9 Å². The normalized spacial score (nSPS) is 14.0. The number of hydrogen-bond acceptors (Lipinski definition) is 6. The van der Waals surface area contributed by atoms with Crippen molar-refractivity contribution in [2.45, 2.75) is 25.9 Å². The van der Waals surface area contributed by atoms with Crippen LogP contribution in [-0.4, -0.2) is 29.9 Å². The zero-order chi connectivity index (χ0) is 20.3. The highest BCUT2D eigenvalue weighted by molar-refractivity contribution is 7.15. The van der Waals surface area contributed by atoms with Crippen molar-refractivity contribution in [1.82, 2.24) is 5.32 Å². The molecular formula is C19H19N3O5S. The van der Waals surface area contributed by atoms with E-state index >= 15 is 0 Å². The number of urea groups is 1. The van der Waals surface area contributed by atoms with Gasteiger partial charge >= 0.3 is 12.0 Å². The first-order valence-corrected chi connectivity index (χ1v) is 9.54. The lowest BCUT2D eigenvalue weighted by atomic mass is 10.0. The summed E-state index contributed by atoms with van der Waals surface area (Å²) in [5.74, 6) is -1.79. The minimum Gasteiger partial charge on any atom is -0.449 e. The van der Waals surface area contributed by atoms with E-state index in [4.69, 9.17) is 10.5 Å². The third kappa shape index (κ3) is 4.55. The number of hydrogen-bond donors (Lipinski definition) is 3. The Morgan fingerprint density at radius 1 is 1.18 bits per heavy atom. The second kappa shape index (κ2) is 8.22. The van der Waals surface area contributed by atoms with Gasteiger partial charge in [-0.3, -0.25) is 14.9 Å². The molecule has 1 saturated carbocycles. The smallest absolute Gasteiger partial charge is 0.342 e. The average Bonchev–Trinajstić information content (AvgIpc) is 3.42. The number of esters is 1. The molecule has 1 heterocycles. The van der Waals surface area contributed by atoms with Gasteiger partial charge in [0.1, 0.15) is 10.6 Å². The number of amides is 4. The van der Waals surface area contributed by atoms with E-state index in [1.54, 1.807) is 5.38 Å². The molecule has 0 spiro atoms. The van der Waals surface area contributed by atoms with Crippen molar-refractivity contribution in [3.8, 4) is 11.1 Å². The van der Waals surface area contributed by atoms with Crippen LogP contribution in [0.5, 0.6) is 0 Å². The number of primary amides is 1. The van der Waals surface area contributed by atoms with Gasteiger partial charge in [-0.25, -0.2) is 9.59 Å². The molecule has 1 aliphatic carbocycles. The van der Waals surface area contributed by atoms with Gasteiger partial charge in [-0.2, -0.15) is 0 Å². The Hall–Kier alpha value is -3.20. The molecular weight excluding hydrogens is 382 g/mol. The Kier molecular flexibility index (Phi) is 5.74. The summed E-state index contributed by atoms with van der Waals surface area (Å²) in [7, 11) is 0. The molecule has 8 nitrogen and oxygen atoms in total. The molecule has 4 amide bonds. The fraction of sp³-hybridized carbons (Fsp3) is 0.263. The van der Waals surface area contributed by atoms with Crippen LogP contribution in [0.25, 0.3) is 11.1 Å². The average molecular weight is 401 g/mol. The molecule has 0 radical (unpaired) electrons. The minimum absolute atomic E-state index is 0.0357. The first kappa shape index (κ1) is 19.6. The number of carbonyl (C=O) groups is 4. The summed E-state index contributed by atoms with van der Waals surface area (Å²) >= 11 is 1.21. The molecule has 1 aromatic heterocycles. The topological polar surface area (TPSA) is 128 Å². The van der Waals surface area contributed by atoms with Crippen LogP contribution in [0.3, 0.4) is 0 Å². The summed E-state index contributed by atoms with van der Waals surface area (Å²) < 4.78 is 5.21. The molecule has 9 heteroatoms. The van der Waals surface area contributed by atoms with Crippen LogP contribution in [0.15, 0.2) is 35.7 Å². The van der Waals surface area contributed by atoms with Crippen LogP contribution in [0, 0.1) is 5.92 Å².